The third-order valence-electron chi connectivity index (χ3n) is 6.21. The van der Waals surface area contributed by atoms with Gasteiger partial charge in [-0.1, -0.05) is 23.7 Å². The van der Waals surface area contributed by atoms with E-state index in [0.29, 0.717) is 33.6 Å². The summed E-state index contributed by atoms with van der Waals surface area (Å²) in [6.45, 7) is 0. The third kappa shape index (κ3) is 6.54. The number of halogens is 1. The fraction of sp³-hybridized carbons (Fsp3) is 0.296. The number of carbonyl (C=O) groups is 1. The lowest BCUT2D eigenvalue weighted by molar-refractivity contribution is -0.129. The van der Waals surface area contributed by atoms with Crippen molar-refractivity contribution in [1.82, 2.24) is 5.48 Å². The Bertz CT molecular complexity index is 1340. The summed E-state index contributed by atoms with van der Waals surface area (Å²) >= 11 is 5.93. The minimum atomic E-state index is -4.12. The van der Waals surface area contributed by atoms with E-state index < -0.39 is 27.4 Å². The average Bonchev–Trinajstić information content (AvgIpc) is 3.41. The van der Waals surface area contributed by atoms with Crippen LogP contribution in [0.1, 0.15) is 42.9 Å². The van der Waals surface area contributed by atoms with Gasteiger partial charge in [0.2, 0.25) is 5.91 Å². The fourth-order valence-electron chi connectivity index (χ4n) is 4.31. The lowest BCUT2D eigenvalue weighted by atomic mass is 10.1. The predicted octanol–water partition coefficient (Wildman–Crippen LogP) is 5.87. The summed E-state index contributed by atoms with van der Waals surface area (Å²) in [7, 11) is -2.62. The lowest BCUT2D eigenvalue weighted by Gasteiger charge is -2.20. The second-order valence-electron chi connectivity index (χ2n) is 8.74. The van der Waals surface area contributed by atoms with Crippen molar-refractivity contribution in [3.05, 3.63) is 77.3 Å². The summed E-state index contributed by atoms with van der Waals surface area (Å²) in [5, 5.41) is 8.39. The molecule has 2 N–H and O–H groups in total. The van der Waals surface area contributed by atoms with Gasteiger partial charge in [0.05, 0.1) is 23.4 Å². The molecule has 3 aromatic rings. The molecule has 37 heavy (non-hydrogen) atoms. The van der Waals surface area contributed by atoms with E-state index in [4.69, 9.17) is 31.0 Å². The minimum absolute atomic E-state index is 0.00971. The van der Waals surface area contributed by atoms with Crippen LogP contribution < -0.4 is 19.7 Å². The van der Waals surface area contributed by atoms with Crippen LogP contribution in [0.15, 0.2) is 71.6 Å². The van der Waals surface area contributed by atoms with Crippen molar-refractivity contribution in [2.45, 2.75) is 48.4 Å². The molecule has 1 fully saturated rings. The van der Waals surface area contributed by atoms with Crippen LogP contribution in [0.5, 0.6) is 23.0 Å². The number of hydroxylamine groups is 1. The first kappa shape index (κ1) is 26.8. The van der Waals surface area contributed by atoms with Gasteiger partial charge in [0.1, 0.15) is 11.5 Å². The van der Waals surface area contributed by atoms with Gasteiger partial charge in [0.25, 0.3) is 0 Å². The van der Waals surface area contributed by atoms with Crippen molar-refractivity contribution in [2.24, 2.45) is 0 Å². The molecule has 1 saturated carbocycles. The van der Waals surface area contributed by atoms with E-state index in [2.05, 4.69) is 0 Å². The smallest absolute Gasteiger partial charge is 0.244 e. The standard InChI is InChI=1S/C27H28ClNO7S/c1-34-24-14-13-23(16-25(24)36-20-6-2-3-7-20)37(32,33)26(17-27(30)29-31)18-5-4-8-22(15-18)35-21-11-9-19(28)10-12-21/h4-5,8-16,20,26,31H,2-3,6-7,17H2,1H3,(H,29,30)/t26-/m1/s1. The monoisotopic (exact) mass is 545 g/mol. The van der Waals surface area contributed by atoms with Crippen LogP contribution in [0, 0.1) is 0 Å². The summed E-state index contributed by atoms with van der Waals surface area (Å²) in [6.07, 6.45) is 3.37. The largest absolute Gasteiger partial charge is 0.493 e. The highest BCUT2D eigenvalue weighted by atomic mass is 35.5. The van der Waals surface area contributed by atoms with Crippen LogP contribution in [0.2, 0.25) is 5.02 Å². The molecule has 0 saturated heterocycles. The molecule has 10 heteroatoms. The van der Waals surface area contributed by atoms with Crippen LogP contribution in [-0.4, -0.2) is 32.7 Å². The molecule has 3 aromatic carbocycles. The fourth-order valence-corrected chi connectivity index (χ4v) is 6.17. The van der Waals surface area contributed by atoms with Crippen molar-refractivity contribution < 1.29 is 32.6 Å². The normalized spacial score (nSPS) is 14.7. The Kier molecular flexibility index (Phi) is 8.58. The van der Waals surface area contributed by atoms with Crippen molar-refractivity contribution in [3.63, 3.8) is 0 Å². The molecule has 0 spiro atoms. The molecule has 4 rings (SSSR count). The summed E-state index contributed by atoms with van der Waals surface area (Å²) in [4.78, 5) is 12.1. The lowest BCUT2D eigenvalue weighted by Crippen LogP contribution is -2.25. The first-order chi connectivity index (χ1) is 17.8. The molecule has 1 aliphatic carbocycles. The van der Waals surface area contributed by atoms with Gasteiger partial charge in [-0.05, 0) is 79.8 Å². The second kappa shape index (κ2) is 11.9. The SMILES string of the molecule is COc1ccc(S(=O)(=O)[C@H](CC(=O)NO)c2cccc(Oc3ccc(Cl)cc3)c2)cc1OC1CCCC1. The van der Waals surface area contributed by atoms with Gasteiger partial charge in [-0.3, -0.25) is 10.0 Å². The summed E-state index contributed by atoms with van der Waals surface area (Å²) < 4.78 is 45.1. The molecule has 1 aliphatic rings. The van der Waals surface area contributed by atoms with Crippen LogP contribution in [0.4, 0.5) is 0 Å². The number of hydrogen-bond acceptors (Lipinski definition) is 7. The van der Waals surface area contributed by atoms with E-state index in [9.17, 15) is 13.2 Å². The Balaban J connectivity index is 1.69. The summed E-state index contributed by atoms with van der Waals surface area (Å²) in [5.41, 5.74) is 1.86. The van der Waals surface area contributed by atoms with Gasteiger partial charge >= 0.3 is 0 Å². The number of hydrogen-bond donors (Lipinski definition) is 2. The number of sulfone groups is 1. The first-order valence-corrected chi connectivity index (χ1v) is 13.8. The Morgan fingerprint density at radius 1 is 1.03 bits per heavy atom. The molecule has 0 aliphatic heterocycles. The molecule has 0 bridgehead atoms. The summed E-state index contributed by atoms with van der Waals surface area (Å²) in [5.74, 6) is 0.811. The van der Waals surface area contributed by atoms with Crippen LogP contribution in [0.25, 0.3) is 0 Å². The Morgan fingerprint density at radius 2 is 1.76 bits per heavy atom. The molecule has 1 atom stereocenters. The Morgan fingerprint density at radius 3 is 2.43 bits per heavy atom. The number of methoxy groups -OCH3 is 1. The highest BCUT2D eigenvalue weighted by Crippen LogP contribution is 2.39. The Labute approximate surface area is 221 Å². The second-order valence-corrected chi connectivity index (χ2v) is 11.3. The maximum Gasteiger partial charge on any atom is 0.244 e. The van der Waals surface area contributed by atoms with Gasteiger partial charge < -0.3 is 14.2 Å². The minimum Gasteiger partial charge on any atom is -0.493 e. The van der Waals surface area contributed by atoms with E-state index in [1.807, 2.05) is 0 Å². The molecular weight excluding hydrogens is 518 g/mol. The van der Waals surface area contributed by atoms with Crippen molar-refractivity contribution in [1.29, 1.82) is 0 Å². The quantitative estimate of drug-likeness (QED) is 0.242. The number of nitrogens with one attached hydrogen (secondary N) is 1. The molecule has 0 radical (unpaired) electrons. The van der Waals surface area contributed by atoms with Gasteiger partial charge in [-0.2, -0.15) is 0 Å². The predicted molar refractivity (Wildman–Crippen MR) is 138 cm³/mol. The van der Waals surface area contributed by atoms with Crippen molar-refractivity contribution in [2.75, 3.05) is 7.11 Å². The van der Waals surface area contributed by atoms with Gasteiger partial charge in [-0.25, -0.2) is 13.9 Å². The van der Waals surface area contributed by atoms with Crippen LogP contribution in [0.3, 0.4) is 0 Å². The molecule has 8 nitrogen and oxygen atoms in total. The van der Waals surface area contributed by atoms with Gasteiger partial charge in [-0.15, -0.1) is 0 Å². The third-order valence-corrected chi connectivity index (χ3v) is 8.56. The van der Waals surface area contributed by atoms with Crippen molar-refractivity contribution in [3.8, 4) is 23.0 Å². The zero-order valence-corrected chi connectivity index (χ0v) is 21.8. The van der Waals surface area contributed by atoms with Crippen LogP contribution >= 0.6 is 11.6 Å². The molecule has 1 amide bonds. The number of benzene rings is 3. The molecular formula is C27H28ClNO7S. The van der Waals surface area contributed by atoms with Gasteiger partial charge in [0.15, 0.2) is 21.3 Å². The first-order valence-electron chi connectivity index (χ1n) is 11.8. The zero-order chi connectivity index (χ0) is 26.4. The summed E-state index contributed by atoms with van der Waals surface area (Å²) in [6, 6.07) is 17.6. The van der Waals surface area contributed by atoms with E-state index in [1.54, 1.807) is 54.6 Å². The van der Waals surface area contributed by atoms with Gasteiger partial charge in [0, 0.05) is 17.5 Å². The molecule has 0 unspecified atom stereocenters. The maximum absolute atomic E-state index is 13.9. The van der Waals surface area contributed by atoms with Crippen molar-refractivity contribution >= 4 is 27.3 Å². The van der Waals surface area contributed by atoms with Crippen LogP contribution in [-0.2, 0) is 14.6 Å². The maximum atomic E-state index is 13.9. The number of ether oxygens (including phenoxy) is 3. The van der Waals surface area contributed by atoms with E-state index in [1.165, 1.54) is 24.7 Å². The number of carbonyl (C=O) groups excluding carboxylic acids is 1. The number of rotatable bonds is 10. The zero-order valence-electron chi connectivity index (χ0n) is 20.2. The highest BCUT2D eigenvalue weighted by molar-refractivity contribution is 7.91. The molecule has 196 valence electrons. The molecule has 0 aromatic heterocycles. The van der Waals surface area contributed by atoms with E-state index in [0.717, 1.165) is 25.7 Å². The average molecular weight is 546 g/mol. The molecule has 0 heterocycles. The highest BCUT2D eigenvalue weighted by Gasteiger charge is 2.33. The topological polar surface area (TPSA) is 111 Å². The number of amides is 1. The van der Waals surface area contributed by atoms with E-state index in [-0.39, 0.29) is 11.0 Å². The van der Waals surface area contributed by atoms with E-state index >= 15 is 0 Å². The Hall–Kier alpha value is -3.27.